The fourth-order valence-electron chi connectivity index (χ4n) is 0.120. The number of hydrogen-bond donors (Lipinski definition) is 2. The third-order valence-electron chi connectivity index (χ3n) is 0.561. The zero-order valence-electron chi connectivity index (χ0n) is 2.63. The first-order valence-corrected chi connectivity index (χ1v) is 1.44. The molecule has 0 saturated carbocycles. The van der Waals surface area contributed by atoms with Gasteiger partial charge in [0.15, 0.2) is 0 Å². The van der Waals surface area contributed by atoms with Crippen LogP contribution in [0.2, 0.25) is 0 Å². The number of nitrogens with zero attached hydrogens (tertiary/aromatic N) is 1. The molecule has 1 fully saturated rings. The first kappa shape index (κ1) is 3.08. The summed E-state index contributed by atoms with van der Waals surface area (Å²) < 4.78 is 0. The van der Waals surface area contributed by atoms with Crippen LogP contribution in [-0.2, 0) is 0 Å². The van der Waals surface area contributed by atoms with Crippen LogP contribution in [0.1, 0.15) is 0 Å². The molecule has 1 aliphatic heterocycles. The van der Waals surface area contributed by atoms with Gasteiger partial charge in [0.1, 0.15) is 6.23 Å². The summed E-state index contributed by atoms with van der Waals surface area (Å²) in [6.45, 7) is 0.417. The van der Waals surface area contributed by atoms with E-state index in [1.165, 1.54) is 0 Å². The van der Waals surface area contributed by atoms with Gasteiger partial charge in [-0.1, -0.05) is 0 Å². The minimum atomic E-state index is -0.560. The van der Waals surface area contributed by atoms with Crippen molar-refractivity contribution < 1.29 is 10.3 Å². The summed E-state index contributed by atoms with van der Waals surface area (Å²) in [5.74, 6) is 0. The average molecular weight is 75.1 g/mol. The third-order valence-corrected chi connectivity index (χ3v) is 0.561. The zero-order valence-corrected chi connectivity index (χ0v) is 2.63. The van der Waals surface area contributed by atoms with Crippen molar-refractivity contribution in [1.82, 2.24) is 5.06 Å². The van der Waals surface area contributed by atoms with Crippen LogP contribution >= 0.6 is 0 Å². The second-order valence-electron chi connectivity index (χ2n) is 1.10. The van der Waals surface area contributed by atoms with E-state index in [4.69, 9.17) is 10.3 Å². The molecule has 3 nitrogen and oxygen atoms in total. The van der Waals surface area contributed by atoms with Crippen molar-refractivity contribution in [2.45, 2.75) is 6.23 Å². The Balaban J connectivity index is 2.20. The van der Waals surface area contributed by atoms with Crippen molar-refractivity contribution in [2.24, 2.45) is 0 Å². The molecule has 1 rings (SSSR count). The molecule has 0 amide bonds. The monoisotopic (exact) mass is 75.0 g/mol. The van der Waals surface area contributed by atoms with Crippen molar-refractivity contribution in [2.75, 3.05) is 6.54 Å². The van der Waals surface area contributed by atoms with Gasteiger partial charge in [-0.2, -0.15) is 5.06 Å². The largest absolute Gasteiger partial charge is 0.375 e. The lowest BCUT2D eigenvalue weighted by Crippen LogP contribution is -1.89. The molecule has 0 radical (unpaired) electrons. The number of hydrogen-bond acceptors (Lipinski definition) is 3. The van der Waals surface area contributed by atoms with Gasteiger partial charge in [-0.25, -0.2) is 0 Å². The summed E-state index contributed by atoms with van der Waals surface area (Å²) in [7, 11) is 0. The van der Waals surface area contributed by atoms with Crippen LogP contribution < -0.4 is 0 Å². The second kappa shape index (κ2) is 0.680. The Hall–Kier alpha value is -0.120. The summed E-state index contributed by atoms with van der Waals surface area (Å²) in [4.78, 5) is 0. The molecule has 3 heteroatoms. The molecule has 5 heavy (non-hydrogen) atoms. The Morgan fingerprint density at radius 2 is 2.00 bits per heavy atom. The smallest absolute Gasteiger partial charge is 0.144 e. The van der Waals surface area contributed by atoms with E-state index in [-0.39, 0.29) is 0 Å². The number of hydroxylamine groups is 2. The van der Waals surface area contributed by atoms with Crippen LogP contribution in [0, 0.1) is 0 Å². The molecule has 0 bridgehead atoms. The van der Waals surface area contributed by atoms with Crippen LogP contribution in [0.3, 0.4) is 0 Å². The normalized spacial score (nSPS) is 49.2. The van der Waals surface area contributed by atoms with Gasteiger partial charge >= 0.3 is 0 Å². The Kier molecular flexibility index (Phi) is 0.419. The average Bonchev–Trinajstić information content (AvgIpc) is 1.79. The predicted molar refractivity (Wildman–Crippen MR) is 14.5 cm³/mol. The molecule has 30 valence electrons. The van der Waals surface area contributed by atoms with Crippen LogP contribution in [0.15, 0.2) is 0 Å². The molecule has 0 aliphatic carbocycles. The molecular weight excluding hydrogens is 70.0 g/mol. The van der Waals surface area contributed by atoms with E-state index >= 15 is 0 Å². The number of aliphatic hydroxyl groups is 1. The van der Waals surface area contributed by atoms with Crippen LogP contribution in [-0.4, -0.2) is 28.1 Å². The highest BCUT2D eigenvalue weighted by Crippen LogP contribution is 2.05. The SMILES string of the molecule is OC1CN1O. The number of rotatable bonds is 0. The molecule has 1 heterocycles. The van der Waals surface area contributed by atoms with E-state index in [1.54, 1.807) is 0 Å². The maximum absolute atomic E-state index is 8.11. The van der Waals surface area contributed by atoms with Gasteiger partial charge in [-0.05, 0) is 0 Å². The minimum absolute atomic E-state index is 0.417. The molecule has 2 unspecified atom stereocenters. The maximum Gasteiger partial charge on any atom is 0.144 e. The van der Waals surface area contributed by atoms with Gasteiger partial charge in [0.2, 0.25) is 0 Å². The molecule has 0 aromatic carbocycles. The second-order valence-corrected chi connectivity index (χ2v) is 1.10. The Morgan fingerprint density at radius 3 is 2.00 bits per heavy atom. The summed E-state index contributed by atoms with van der Waals surface area (Å²) in [5, 5.41) is 17.0. The molecule has 2 atom stereocenters. The van der Waals surface area contributed by atoms with E-state index in [1.807, 2.05) is 0 Å². The summed E-state index contributed by atoms with van der Waals surface area (Å²) in [6.07, 6.45) is -0.560. The fraction of sp³-hybridized carbons (Fsp3) is 1.00. The minimum Gasteiger partial charge on any atom is -0.375 e. The Morgan fingerprint density at radius 1 is 1.80 bits per heavy atom. The maximum atomic E-state index is 8.11. The lowest BCUT2D eigenvalue weighted by molar-refractivity contribution is -0.0280. The van der Waals surface area contributed by atoms with Crippen LogP contribution in [0.5, 0.6) is 0 Å². The molecule has 0 spiro atoms. The standard InChI is InChI=1S/C2H5NO2/c4-2-1-3(2)5/h2,4-5H,1H2. The van der Waals surface area contributed by atoms with Gasteiger partial charge in [0, 0.05) is 0 Å². The Bertz CT molecular complexity index is 40.9. The zero-order chi connectivity index (χ0) is 3.86. The highest BCUT2D eigenvalue weighted by Gasteiger charge is 2.28. The van der Waals surface area contributed by atoms with Crippen molar-refractivity contribution in [3.8, 4) is 0 Å². The molecule has 0 aromatic heterocycles. The van der Waals surface area contributed by atoms with E-state index in [0.717, 1.165) is 5.06 Å². The van der Waals surface area contributed by atoms with E-state index in [9.17, 15) is 0 Å². The third kappa shape index (κ3) is 0.397. The van der Waals surface area contributed by atoms with E-state index < -0.39 is 6.23 Å². The van der Waals surface area contributed by atoms with Crippen molar-refractivity contribution in [3.05, 3.63) is 0 Å². The van der Waals surface area contributed by atoms with Crippen LogP contribution in [0.4, 0.5) is 0 Å². The van der Waals surface area contributed by atoms with Gasteiger partial charge < -0.3 is 10.3 Å². The van der Waals surface area contributed by atoms with Gasteiger partial charge in [-0.3, -0.25) is 0 Å². The van der Waals surface area contributed by atoms with Crippen molar-refractivity contribution in [1.29, 1.82) is 0 Å². The lowest BCUT2D eigenvalue weighted by atomic mass is 10.9. The first-order chi connectivity index (χ1) is 2.30. The highest BCUT2D eigenvalue weighted by atomic mass is 16.6. The number of β-amino-alcohol motifs (C(OH)–C–C–N with tert-alkyl or cyclic N) is 1. The van der Waals surface area contributed by atoms with Crippen molar-refractivity contribution >= 4 is 0 Å². The molecule has 1 aliphatic rings. The molecule has 0 aromatic rings. The van der Waals surface area contributed by atoms with Gasteiger partial charge in [-0.15, -0.1) is 0 Å². The van der Waals surface area contributed by atoms with E-state index in [0.29, 0.717) is 6.54 Å². The summed E-state index contributed by atoms with van der Waals surface area (Å²) >= 11 is 0. The quantitative estimate of drug-likeness (QED) is 0.363. The molecular formula is C2H5NO2. The topological polar surface area (TPSA) is 43.5 Å². The van der Waals surface area contributed by atoms with E-state index in [2.05, 4.69) is 0 Å². The Labute approximate surface area is 29.4 Å². The first-order valence-electron chi connectivity index (χ1n) is 1.44. The van der Waals surface area contributed by atoms with Gasteiger partial charge in [0.25, 0.3) is 0 Å². The fourth-order valence-corrected chi connectivity index (χ4v) is 0.120. The van der Waals surface area contributed by atoms with Crippen LogP contribution in [0.25, 0.3) is 0 Å². The highest BCUT2D eigenvalue weighted by molar-refractivity contribution is 4.66. The van der Waals surface area contributed by atoms with Gasteiger partial charge in [0.05, 0.1) is 6.54 Å². The number of aliphatic hydroxyl groups excluding tert-OH is 1. The van der Waals surface area contributed by atoms with Crippen molar-refractivity contribution in [3.63, 3.8) is 0 Å². The summed E-state index contributed by atoms with van der Waals surface area (Å²) in [6, 6.07) is 0. The predicted octanol–water partition coefficient (Wildman–Crippen LogP) is -0.990. The lowest BCUT2D eigenvalue weighted by Gasteiger charge is -1.74. The summed E-state index contributed by atoms with van der Waals surface area (Å²) in [5.41, 5.74) is 0. The molecule has 1 saturated heterocycles. The molecule has 2 N–H and O–H groups in total.